The van der Waals surface area contributed by atoms with Crippen LogP contribution in [0.1, 0.15) is 85.5 Å². The summed E-state index contributed by atoms with van der Waals surface area (Å²) in [6, 6.07) is 0. The van der Waals surface area contributed by atoms with Crippen molar-refractivity contribution in [3.05, 3.63) is 0 Å². The average molecular weight is 322 g/mol. The molecule has 0 bridgehead atoms. The van der Waals surface area contributed by atoms with Gasteiger partial charge >= 0.3 is 30.8 Å². The van der Waals surface area contributed by atoms with Gasteiger partial charge in [-0.3, -0.25) is 9.59 Å². The standard InChI is InChI=1S/C18H34O4.Li.H/c1-5-6-7-8-9-10-11-12-14(18(2,3)4)13-15(16(19)20)17(21)22;;/h14-15H,5-13H2,1-4H3,(H,19,20)(H,21,22);;. The fraction of sp³-hybridized carbons (Fsp3) is 0.889. The molecule has 0 saturated carbocycles. The fourth-order valence-corrected chi connectivity index (χ4v) is 2.84. The van der Waals surface area contributed by atoms with Crippen LogP contribution in [-0.4, -0.2) is 41.0 Å². The van der Waals surface area contributed by atoms with Crippen LogP contribution in [0.2, 0.25) is 0 Å². The first-order chi connectivity index (χ1) is 10.2. The molecule has 5 heteroatoms. The van der Waals surface area contributed by atoms with E-state index in [1.165, 1.54) is 32.1 Å². The molecule has 0 aliphatic rings. The minimum absolute atomic E-state index is 0. The van der Waals surface area contributed by atoms with E-state index >= 15 is 0 Å². The first-order valence-electron chi connectivity index (χ1n) is 8.65. The third kappa shape index (κ3) is 11.7. The molecule has 0 aromatic heterocycles. The summed E-state index contributed by atoms with van der Waals surface area (Å²) in [4.78, 5) is 22.2. The van der Waals surface area contributed by atoms with Crippen molar-refractivity contribution in [1.29, 1.82) is 0 Å². The molecule has 0 amide bonds. The molecule has 0 saturated heterocycles. The van der Waals surface area contributed by atoms with Crippen molar-refractivity contribution in [3.63, 3.8) is 0 Å². The van der Waals surface area contributed by atoms with Crippen molar-refractivity contribution in [2.24, 2.45) is 17.3 Å². The summed E-state index contributed by atoms with van der Waals surface area (Å²) in [6.07, 6.45) is 9.67. The Morgan fingerprint density at radius 2 is 1.30 bits per heavy atom. The topological polar surface area (TPSA) is 74.6 Å². The summed E-state index contributed by atoms with van der Waals surface area (Å²) in [5.41, 5.74) is -0.0641. The van der Waals surface area contributed by atoms with E-state index in [0.29, 0.717) is 0 Å². The molecule has 0 aromatic carbocycles. The van der Waals surface area contributed by atoms with Crippen LogP contribution in [0.25, 0.3) is 0 Å². The quantitative estimate of drug-likeness (QED) is 0.319. The van der Waals surface area contributed by atoms with Crippen LogP contribution >= 0.6 is 0 Å². The fourth-order valence-electron chi connectivity index (χ4n) is 2.84. The van der Waals surface area contributed by atoms with Gasteiger partial charge in [0, 0.05) is 0 Å². The maximum absolute atomic E-state index is 11.1. The second kappa shape index (κ2) is 12.9. The van der Waals surface area contributed by atoms with E-state index in [2.05, 4.69) is 27.7 Å². The van der Waals surface area contributed by atoms with E-state index in [1.807, 2.05) is 0 Å². The zero-order chi connectivity index (χ0) is 17.2. The summed E-state index contributed by atoms with van der Waals surface area (Å²) >= 11 is 0. The molecule has 0 rings (SSSR count). The van der Waals surface area contributed by atoms with Gasteiger partial charge in [0.15, 0.2) is 5.92 Å². The first kappa shape index (κ1) is 24.8. The van der Waals surface area contributed by atoms with Crippen molar-refractivity contribution in [1.82, 2.24) is 0 Å². The summed E-state index contributed by atoms with van der Waals surface area (Å²) < 4.78 is 0. The van der Waals surface area contributed by atoms with E-state index in [-0.39, 0.29) is 36.6 Å². The van der Waals surface area contributed by atoms with Crippen LogP contribution in [0.3, 0.4) is 0 Å². The van der Waals surface area contributed by atoms with Crippen molar-refractivity contribution in [3.8, 4) is 0 Å². The normalized spacial score (nSPS) is 12.7. The molecule has 2 N–H and O–H groups in total. The molecule has 1 atom stereocenters. The molecule has 0 aliphatic carbocycles. The van der Waals surface area contributed by atoms with Gasteiger partial charge < -0.3 is 10.2 Å². The molecule has 0 spiro atoms. The second-order valence-corrected chi connectivity index (χ2v) is 7.44. The third-order valence-electron chi connectivity index (χ3n) is 4.50. The van der Waals surface area contributed by atoms with Crippen LogP contribution in [-0.2, 0) is 9.59 Å². The first-order valence-corrected chi connectivity index (χ1v) is 8.65. The Labute approximate surface area is 153 Å². The van der Waals surface area contributed by atoms with Gasteiger partial charge in [0.25, 0.3) is 0 Å². The Hall–Kier alpha value is -0.463. The molecule has 4 nitrogen and oxygen atoms in total. The Kier molecular flexibility index (Phi) is 13.9. The predicted octanol–water partition coefficient (Wildman–Crippen LogP) is 4.32. The van der Waals surface area contributed by atoms with Gasteiger partial charge in [-0.1, -0.05) is 72.6 Å². The van der Waals surface area contributed by atoms with Gasteiger partial charge in [-0.25, -0.2) is 0 Å². The van der Waals surface area contributed by atoms with Gasteiger partial charge in [-0.15, -0.1) is 0 Å². The Bertz CT molecular complexity index is 322. The average Bonchev–Trinajstić information content (AvgIpc) is 2.38. The van der Waals surface area contributed by atoms with Gasteiger partial charge in [0.1, 0.15) is 0 Å². The summed E-state index contributed by atoms with van der Waals surface area (Å²) in [5, 5.41) is 18.1. The Morgan fingerprint density at radius 1 is 0.870 bits per heavy atom. The number of carbonyl (C=O) groups is 2. The molecule has 0 aliphatic heterocycles. The molecule has 23 heavy (non-hydrogen) atoms. The van der Waals surface area contributed by atoms with E-state index in [4.69, 9.17) is 10.2 Å². The van der Waals surface area contributed by atoms with Gasteiger partial charge in [0.2, 0.25) is 0 Å². The van der Waals surface area contributed by atoms with Crippen LogP contribution in [0.4, 0.5) is 0 Å². The number of unbranched alkanes of at least 4 members (excludes halogenated alkanes) is 6. The van der Waals surface area contributed by atoms with Gasteiger partial charge in [0.05, 0.1) is 0 Å². The summed E-state index contributed by atoms with van der Waals surface area (Å²) in [7, 11) is 0. The van der Waals surface area contributed by atoms with Crippen molar-refractivity contribution in [2.45, 2.75) is 85.5 Å². The van der Waals surface area contributed by atoms with E-state index in [1.54, 1.807) is 0 Å². The molecule has 0 aromatic rings. The number of rotatable bonds is 12. The van der Waals surface area contributed by atoms with Crippen molar-refractivity contribution < 1.29 is 19.8 Å². The SMILES string of the molecule is CCCCCCCCCC(CC(C(=O)O)C(=O)O)C(C)(C)C.[LiH]. The van der Waals surface area contributed by atoms with E-state index in [9.17, 15) is 9.59 Å². The zero-order valence-corrected chi connectivity index (χ0v) is 14.7. The predicted molar refractivity (Wildman–Crippen MR) is 96.1 cm³/mol. The zero-order valence-electron chi connectivity index (χ0n) is 14.7. The number of carboxylic acid groups (broad SMARTS) is 2. The Balaban J connectivity index is 0. The molecule has 0 radical (unpaired) electrons. The number of hydrogen-bond donors (Lipinski definition) is 2. The van der Waals surface area contributed by atoms with Gasteiger partial charge in [-0.05, 0) is 24.2 Å². The van der Waals surface area contributed by atoms with Crippen LogP contribution in [0.15, 0.2) is 0 Å². The van der Waals surface area contributed by atoms with E-state index in [0.717, 1.165) is 19.3 Å². The summed E-state index contributed by atoms with van der Waals surface area (Å²) in [6.45, 7) is 8.41. The maximum atomic E-state index is 11.1. The number of aliphatic carboxylic acids is 2. The molecule has 0 heterocycles. The molecular weight excluding hydrogens is 287 g/mol. The van der Waals surface area contributed by atoms with Crippen molar-refractivity contribution in [2.75, 3.05) is 0 Å². The molecule has 1 unspecified atom stereocenters. The second-order valence-electron chi connectivity index (χ2n) is 7.44. The monoisotopic (exact) mass is 322 g/mol. The molecular formula is C18H35LiO4. The molecule has 132 valence electrons. The van der Waals surface area contributed by atoms with Crippen molar-refractivity contribution >= 4 is 30.8 Å². The summed E-state index contributed by atoms with van der Waals surface area (Å²) in [5.74, 6) is -3.60. The van der Waals surface area contributed by atoms with Crippen LogP contribution < -0.4 is 0 Å². The molecule has 0 fully saturated rings. The Morgan fingerprint density at radius 3 is 1.70 bits per heavy atom. The van der Waals surface area contributed by atoms with Crippen LogP contribution in [0, 0.1) is 17.3 Å². The third-order valence-corrected chi connectivity index (χ3v) is 4.50. The number of hydrogen-bond acceptors (Lipinski definition) is 2. The van der Waals surface area contributed by atoms with E-state index < -0.39 is 17.9 Å². The number of carboxylic acids is 2. The van der Waals surface area contributed by atoms with Crippen LogP contribution in [0.5, 0.6) is 0 Å². The minimum atomic E-state index is -1.28. The van der Waals surface area contributed by atoms with Gasteiger partial charge in [-0.2, -0.15) is 0 Å².